The molecule has 0 unspecified atom stereocenters. The van der Waals surface area contributed by atoms with E-state index in [0.717, 1.165) is 28.0 Å². The van der Waals surface area contributed by atoms with Crippen molar-refractivity contribution in [2.45, 2.75) is 20.0 Å². The van der Waals surface area contributed by atoms with E-state index < -0.39 is 35.5 Å². The van der Waals surface area contributed by atoms with Crippen LogP contribution in [0.1, 0.15) is 18.1 Å². The number of hydroxylamine groups is 1. The molecule has 16 heteroatoms. The van der Waals surface area contributed by atoms with Gasteiger partial charge < -0.3 is 20.7 Å². The molecule has 2 amide bonds. The summed E-state index contributed by atoms with van der Waals surface area (Å²) in [6.45, 7) is 2.69. The van der Waals surface area contributed by atoms with Crippen LogP contribution in [-0.4, -0.2) is 64.1 Å². The topological polar surface area (TPSA) is 159 Å². The molecule has 0 saturated carbocycles. The van der Waals surface area contributed by atoms with E-state index in [0.29, 0.717) is 41.4 Å². The average Bonchev–Trinajstić information content (AvgIpc) is 3.41. The minimum atomic E-state index is -0.859. The number of hydrogen-bond acceptors (Lipinski definition) is 10. The SMILES string of the molecule is CCOc1ccc(-n2c(=O)c3c(CN(C)CCN)c(-c4ccc(NC(=O)NOC)cc4)sc3n(Cc3c(F)cccc3F)c2=O)nn1. The van der Waals surface area contributed by atoms with Gasteiger partial charge in [-0.2, -0.15) is 0 Å². The Morgan fingerprint density at radius 2 is 1.77 bits per heavy atom. The molecule has 4 N–H and O–H groups in total. The molecule has 0 aliphatic rings. The van der Waals surface area contributed by atoms with Crippen LogP contribution in [0.25, 0.3) is 26.5 Å². The van der Waals surface area contributed by atoms with Crippen LogP contribution in [0, 0.1) is 11.6 Å². The van der Waals surface area contributed by atoms with Crippen LogP contribution in [0.15, 0.2) is 64.2 Å². The van der Waals surface area contributed by atoms with Crippen molar-refractivity contribution < 1.29 is 23.1 Å². The molecule has 246 valence electrons. The normalized spacial score (nSPS) is 11.3. The van der Waals surface area contributed by atoms with Gasteiger partial charge in [0, 0.05) is 41.8 Å². The summed E-state index contributed by atoms with van der Waals surface area (Å²) in [6.07, 6.45) is 0. The number of benzene rings is 2. The molecule has 0 bridgehead atoms. The van der Waals surface area contributed by atoms with Crippen LogP contribution >= 0.6 is 11.3 Å². The van der Waals surface area contributed by atoms with Crippen LogP contribution in [0.3, 0.4) is 0 Å². The molecule has 47 heavy (non-hydrogen) atoms. The van der Waals surface area contributed by atoms with E-state index in [9.17, 15) is 23.2 Å². The first-order valence-corrected chi connectivity index (χ1v) is 15.3. The number of nitrogens with zero attached hydrogens (tertiary/aromatic N) is 5. The van der Waals surface area contributed by atoms with Crippen molar-refractivity contribution in [3.8, 4) is 22.1 Å². The van der Waals surface area contributed by atoms with Gasteiger partial charge >= 0.3 is 11.7 Å². The van der Waals surface area contributed by atoms with Gasteiger partial charge in [-0.05, 0) is 55.4 Å². The molecule has 0 atom stereocenters. The molecule has 2 aromatic carbocycles. The van der Waals surface area contributed by atoms with Gasteiger partial charge in [0.15, 0.2) is 5.82 Å². The van der Waals surface area contributed by atoms with Gasteiger partial charge in [-0.3, -0.25) is 14.2 Å². The quantitative estimate of drug-likeness (QED) is 0.170. The van der Waals surface area contributed by atoms with Crippen molar-refractivity contribution >= 4 is 33.3 Å². The smallest absolute Gasteiger partial charge is 0.343 e. The van der Waals surface area contributed by atoms with E-state index in [1.165, 1.54) is 29.9 Å². The molecule has 5 aromatic rings. The lowest BCUT2D eigenvalue weighted by Crippen LogP contribution is -2.40. The minimum absolute atomic E-state index is 0.0908. The van der Waals surface area contributed by atoms with Gasteiger partial charge in [0.1, 0.15) is 16.5 Å². The van der Waals surface area contributed by atoms with Crippen molar-refractivity contribution in [3.63, 3.8) is 0 Å². The third-order valence-electron chi connectivity index (χ3n) is 7.14. The number of fused-ring (bicyclic) bond motifs is 1. The van der Waals surface area contributed by atoms with Crippen molar-refractivity contribution in [2.75, 3.05) is 39.2 Å². The second-order valence-electron chi connectivity index (χ2n) is 10.3. The number of ether oxygens (including phenoxy) is 1. The number of aromatic nitrogens is 4. The van der Waals surface area contributed by atoms with Gasteiger partial charge in [-0.1, -0.05) is 18.2 Å². The van der Waals surface area contributed by atoms with Gasteiger partial charge in [0.05, 0.1) is 25.6 Å². The number of nitrogens with two attached hydrogens (primary N) is 1. The number of nitrogens with one attached hydrogen (secondary N) is 2. The number of carbonyl (C=O) groups is 1. The van der Waals surface area contributed by atoms with Crippen molar-refractivity contribution in [3.05, 3.63) is 98.2 Å². The number of rotatable bonds is 12. The molecule has 0 saturated heterocycles. The maximum atomic E-state index is 15.0. The Hall–Kier alpha value is -5.03. The zero-order valence-corrected chi connectivity index (χ0v) is 26.6. The summed E-state index contributed by atoms with van der Waals surface area (Å²) in [5, 5.41) is 10.8. The minimum Gasteiger partial charge on any atom is -0.477 e. The monoisotopic (exact) mass is 666 g/mol. The van der Waals surface area contributed by atoms with Crippen molar-refractivity contribution in [2.24, 2.45) is 5.73 Å². The first-order chi connectivity index (χ1) is 22.7. The summed E-state index contributed by atoms with van der Waals surface area (Å²) in [5.41, 5.74) is 7.82. The third-order valence-corrected chi connectivity index (χ3v) is 8.44. The summed E-state index contributed by atoms with van der Waals surface area (Å²) in [6, 6.07) is 12.6. The summed E-state index contributed by atoms with van der Waals surface area (Å²) < 4.78 is 37.3. The molecular formula is C31H32F2N8O5S. The number of hydrogen-bond donors (Lipinski definition) is 3. The van der Waals surface area contributed by atoms with E-state index in [4.69, 9.17) is 10.5 Å². The number of anilines is 1. The Bertz CT molecular complexity index is 1990. The molecule has 5 rings (SSSR count). The summed E-state index contributed by atoms with van der Waals surface area (Å²) >= 11 is 1.13. The van der Waals surface area contributed by atoms with Gasteiger partial charge in [0.2, 0.25) is 5.88 Å². The van der Waals surface area contributed by atoms with E-state index in [-0.39, 0.29) is 34.0 Å². The van der Waals surface area contributed by atoms with Crippen LogP contribution in [-0.2, 0) is 17.9 Å². The number of carbonyl (C=O) groups excluding carboxylic acids is 1. The first kappa shape index (κ1) is 33.3. The summed E-state index contributed by atoms with van der Waals surface area (Å²) in [4.78, 5) is 47.8. The Morgan fingerprint density at radius 1 is 1.04 bits per heavy atom. The lowest BCUT2D eigenvalue weighted by Gasteiger charge is -2.17. The highest BCUT2D eigenvalue weighted by Gasteiger charge is 2.26. The third kappa shape index (κ3) is 7.05. The number of halogens is 2. The van der Waals surface area contributed by atoms with Gasteiger partial charge in [-0.25, -0.2) is 28.4 Å². The number of likely N-dealkylation sites (N-methyl/N-ethyl adjacent to an activating group) is 1. The summed E-state index contributed by atoms with van der Waals surface area (Å²) in [7, 11) is 3.15. The molecular weight excluding hydrogens is 634 g/mol. The molecule has 3 aromatic heterocycles. The molecule has 0 aliphatic carbocycles. The van der Waals surface area contributed by atoms with Crippen LogP contribution in [0.2, 0.25) is 0 Å². The number of urea groups is 1. The Labute approximate surface area is 271 Å². The molecule has 0 fully saturated rings. The first-order valence-electron chi connectivity index (χ1n) is 14.5. The fraction of sp³-hybridized carbons (Fsp3) is 0.258. The van der Waals surface area contributed by atoms with Crippen LogP contribution in [0.5, 0.6) is 5.88 Å². The standard InChI is InChI=1S/C31H32F2N8O5S/c1-4-46-25-13-12-24(36-37-25)41-28(42)26-21(16-39(2)15-14-34)27(18-8-10-19(11-9-18)35-30(43)38-45-3)47-29(26)40(31(41)44)17-20-22(32)6-5-7-23(20)33/h5-13H,4,14-17,34H2,1-3H3,(H2,35,38,43). The van der Waals surface area contributed by atoms with Crippen molar-refractivity contribution in [1.29, 1.82) is 0 Å². The van der Waals surface area contributed by atoms with E-state index in [1.807, 2.05) is 11.9 Å². The van der Waals surface area contributed by atoms with E-state index in [1.54, 1.807) is 31.2 Å². The highest BCUT2D eigenvalue weighted by molar-refractivity contribution is 7.22. The lowest BCUT2D eigenvalue weighted by molar-refractivity contribution is 0.114. The highest BCUT2D eigenvalue weighted by atomic mass is 32.1. The number of amides is 2. The van der Waals surface area contributed by atoms with Gasteiger partial charge in [-0.15, -0.1) is 21.5 Å². The van der Waals surface area contributed by atoms with Crippen molar-refractivity contribution in [1.82, 2.24) is 29.7 Å². The predicted molar refractivity (Wildman–Crippen MR) is 174 cm³/mol. The Kier molecular flexibility index (Phi) is 10.4. The van der Waals surface area contributed by atoms with E-state index in [2.05, 4.69) is 25.8 Å². The Balaban J connectivity index is 1.78. The molecule has 3 heterocycles. The fourth-order valence-corrected chi connectivity index (χ4v) is 6.32. The maximum Gasteiger partial charge on any atom is 0.343 e. The molecule has 0 radical (unpaired) electrons. The zero-order chi connectivity index (χ0) is 33.7. The average molecular weight is 667 g/mol. The predicted octanol–water partition coefficient (Wildman–Crippen LogP) is 3.47. The largest absolute Gasteiger partial charge is 0.477 e. The highest BCUT2D eigenvalue weighted by Crippen LogP contribution is 2.38. The zero-order valence-electron chi connectivity index (χ0n) is 25.8. The summed E-state index contributed by atoms with van der Waals surface area (Å²) in [5.74, 6) is -1.58. The fourth-order valence-electron chi connectivity index (χ4n) is 5.02. The second kappa shape index (κ2) is 14.6. The van der Waals surface area contributed by atoms with Gasteiger partial charge in [0.25, 0.3) is 5.56 Å². The second-order valence-corrected chi connectivity index (χ2v) is 11.3. The molecule has 0 spiro atoms. The van der Waals surface area contributed by atoms with Crippen LogP contribution < -0.4 is 32.5 Å². The molecule has 0 aliphatic heterocycles. The lowest BCUT2D eigenvalue weighted by atomic mass is 10.1. The van der Waals surface area contributed by atoms with Crippen LogP contribution in [0.4, 0.5) is 19.3 Å². The maximum absolute atomic E-state index is 15.0. The number of thiophene rings is 1. The molecule has 13 nitrogen and oxygen atoms in total. The Morgan fingerprint density at radius 3 is 2.38 bits per heavy atom. The van der Waals surface area contributed by atoms with E-state index >= 15 is 0 Å².